The Hall–Kier alpha value is -4.07. The molecule has 30 heavy (non-hydrogen) atoms. The van der Waals surface area contributed by atoms with E-state index in [2.05, 4.69) is 10.5 Å². The van der Waals surface area contributed by atoms with Crippen LogP contribution in [0.2, 0.25) is 0 Å². The molecular weight excluding hydrogens is 391 g/mol. The Morgan fingerprint density at radius 1 is 1.07 bits per heavy atom. The van der Waals surface area contributed by atoms with Crippen molar-refractivity contribution in [1.29, 1.82) is 0 Å². The molecule has 3 rings (SSSR count). The molecule has 3 aromatic rings. The largest absolute Gasteiger partial charge is 0.508 e. The smallest absolute Gasteiger partial charge is 0.275 e. The summed E-state index contributed by atoms with van der Waals surface area (Å²) in [7, 11) is 1.51. The third-order valence-corrected chi connectivity index (χ3v) is 4.10. The fourth-order valence-corrected chi connectivity index (χ4v) is 2.56. The summed E-state index contributed by atoms with van der Waals surface area (Å²) in [5.74, 6) is -0.483. The number of phenolic OH excluding ortho intramolecular Hbond substituents is 2. The van der Waals surface area contributed by atoms with Crippen LogP contribution in [-0.4, -0.2) is 29.4 Å². The Kier molecular flexibility index (Phi) is 6.49. The predicted molar refractivity (Wildman–Crippen MR) is 109 cm³/mol. The van der Waals surface area contributed by atoms with Crippen molar-refractivity contribution in [2.75, 3.05) is 7.11 Å². The molecule has 0 radical (unpaired) electrons. The highest BCUT2D eigenvalue weighted by atomic mass is 19.1. The molecule has 0 heterocycles. The minimum atomic E-state index is -0.680. The molecule has 0 spiro atoms. The van der Waals surface area contributed by atoms with Crippen LogP contribution in [0.15, 0.2) is 65.8 Å². The summed E-state index contributed by atoms with van der Waals surface area (Å²) in [6.07, 6.45) is 1.39. The first-order chi connectivity index (χ1) is 14.5. The van der Waals surface area contributed by atoms with Crippen LogP contribution >= 0.6 is 0 Å². The van der Waals surface area contributed by atoms with Crippen molar-refractivity contribution in [1.82, 2.24) is 5.43 Å². The number of phenols is 2. The number of halogens is 1. The van der Waals surface area contributed by atoms with Crippen molar-refractivity contribution < 1.29 is 28.9 Å². The Bertz CT molecular complexity index is 1070. The van der Waals surface area contributed by atoms with E-state index in [0.717, 1.165) is 11.6 Å². The number of carbonyl (C=O) groups is 1. The Morgan fingerprint density at radius 2 is 1.83 bits per heavy atom. The molecule has 0 atom stereocenters. The summed E-state index contributed by atoms with van der Waals surface area (Å²) in [4.78, 5) is 12.1. The number of hydrogen-bond acceptors (Lipinski definition) is 6. The fourth-order valence-electron chi connectivity index (χ4n) is 2.56. The summed E-state index contributed by atoms with van der Waals surface area (Å²) < 4.78 is 24.1. The zero-order valence-corrected chi connectivity index (χ0v) is 16.0. The van der Waals surface area contributed by atoms with Gasteiger partial charge in [0, 0.05) is 0 Å². The summed E-state index contributed by atoms with van der Waals surface area (Å²) >= 11 is 0. The predicted octanol–water partition coefficient (Wildman–Crippen LogP) is 3.59. The zero-order chi connectivity index (χ0) is 21.5. The highest BCUT2D eigenvalue weighted by Gasteiger charge is 2.11. The van der Waals surface area contributed by atoms with Gasteiger partial charge in [-0.3, -0.25) is 4.79 Å². The molecular formula is C22H19FN2O5. The molecule has 8 heteroatoms. The lowest BCUT2D eigenvalue weighted by Gasteiger charge is -2.11. The van der Waals surface area contributed by atoms with Crippen LogP contribution in [0, 0.1) is 5.82 Å². The second-order valence-electron chi connectivity index (χ2n) is 6.23. The molecule has 154 valence electrons. The van der Waals surface area contributed by atoms with Crippen molar-refractivity contribution in [3.63, 3.8) is 0 Å². The van der Waals surface area contributed by atoms with Crippen molar-refractivity contribution in [2.24, 2.45) is 5.10 Å². The monoisotopic (exact) mass is 410 g/mol. The van der Waals surface area contributed by atoms with Crippen LogP contribution in [-0.2, 0) is 6.61 Å². The van der Waals surface area contributed by atoms with Gasteiger partial charge in [-0.05, 0) is 59.7 Å². The third kappa shape index (κ3) is 5.26. The van der Waals surface area contributed by atoms with Gasteiger partial charge in [0.25, 0.3) is 5.91 Å². The first kappa shape index (κ1) is 20.7. The standard InChI is InChI=1S/C22H19FN2O5/c1-29-20-9-4-15(10-21(20)30-13-14-2-5-16(23)6-3-14)12-24-25-22(28)18-11-17(26)7-8-19(18)27/h2-12,26-27H,13H2,1H3,(H,25,28). The number of carbonyl (C=O) groups excluding carboxylic acids is 1. The number of benzene rings is 3. The van der Waals surface area contributed by atoms with E-state index in [1.165, 1.54) is 37.6 Å². The molecule has 3 N–H and O–H groups in total. The van der Waals surface area contributed by atoms with E-state index in [9.17, 15) is 19.4 Å². The van der Waals surface area contributed by atoms with Gasteiger partial charge in [0.05, 0.1) is 18.9 Å². The maximum absolute atomic E-state index is 13.0. The quantitative estimate of drug-likeness (QED) is 0.314. The molecule has 0 saturated heterocycles. The van der Waals surface area contributed by atoms with Gasteiger partial charge in [0.15, 0.2) is 11.5 Å². The molecule has 0 saturated carbocycles. The SMILES string of the molecule is COc1ccc(C=NNC(=O)c2cc(O)ccc2O)cc1OCc1ccc(F)cc1. The van der Waals surface area contributed by atoms with Crippen molar-refractivity contribution in [3.8, 4) is 23.0 Å². The van der Waals surface area contributed by atoms with Gasteiger partial charge < -0.3 is 19.7 Å². The van der Waals surface area contributed by atoms with Crippen LogP contribution < -0.4 is 14.9 Å². The molecule has 7 nitrogen and oxygen atoms in total. The number of nitrogens with zero attached hydrogens (tertiary/aromatic N) is 1. The number of aromatic hydroxyl groups is 2. The lowest BCUT2D eigenvalue weighted by molar-refractivity contribution is 0.0952. The number of hydrazone groups is 1. The second kappa shape index (κ2) is 9.42. The zero-order valence-electron chi connectivity index (χ0n) is 16.0. The molecule has 0 bridgehead atoms. The molecule has 0 aliphatic rings. The number of amides is 1. The third-order valence-electron chi connectivity index (χ3n) is 4.10. The van der Waals surface area contributed by atoms with Crippen LogP contribution in [0.5, 0.6) is 23.0 Å². The molecule has 1 amide bonds. The van der Waals surface area contributed by atoms with Crippen molar-refractivity contribution >= 4 is 12.1 Å². The number of rotatable bonds is 7. The first-order valence-electron chi connectivity index (χ1n) is 8.87. The van der Waals surface area contributed by atoms with E-state index in [-0.39, 0.29) is 29.5 Å². The maximum atomic E-state index is 13.0. The van der Waals surface area contributed by atoms with Crippen LogP contribution in [0.3, 0.4) is 0 Å². The summed E-state index contributed by atoms with van der Waals surface area (Å²) in [6.45, 7) is 0.213. The van der Waals surface area contributed by atoms with Crippen molar-refractivity contribution in [2.45, 2.75) is 6.61 Å². The lowest BCUT2D eigenvalue weighted by atomic mass is 10.2. The van der Waals surface area contributed by atoms with Crippen LogP contribution in [0.4, 0.5) is 4.39 Å². The number of ether oxygens (including phenoxy) is 2. The number of nitrogens with one attached hydrogen (secondary N) is 1. The Labute approximate surface area is 172 Å². The van der Waals surface area contributed by atoms with E-state index in [0.29, 0.717) is 17.1 Å². The molecule has 0 unspecified atom stereocenters. The van der Waals surface area contributed by atoms with Gasteiger partial charge >= 0.3 is 0 Å². The van der Waals surface area contributed by atoms with Gasteiger partial charge in [-0.2, -0.15) is 5.10 Å². The van der Waals surface area contributed by atoms with E-state index < -0.39 is 5.91 Å². The highest BCUT2D eigenvalue weighted by Crippen LogP contribution is 2.28. The van der Waals surface area contributed by atoms with Gasteiger partial charge in [0.1, 0.15) is 23.9 Å². The summed E-state index contributed by atoms with van der Waals surface area (Å²) in [6, 6.07) is 14.6. The van der Waals surface area contributed by atoms with E-state index in [4.69, 9.17) is 9.47 Å². The fraction of sp³-hybridized carbons (Fsp3) is 0.0909. The highest BCUT2D eigenvalue weighted by molar-refractivity contribution is 5.97. The molecule has 3 aromatic carbocycles. The number of methoxy groups -OCH3 is 1. The van der Waals surface area contributed by atoms with E-state index >= 15 is 0 Å². The van der Waals surface area contributed by atoms with E-state index in [1.807, 2.05) is 0 Å². The Morgan fingerprint density at radius 3 is 2.57 bits per heavy atom. The average Bonchev–Trinajstić information content (AvgIpc) is 2.75. The van der Waals surface area contributed by atoms with Crippen LogP contribution in [0.1, 0.15) is 21.5 Å². The second-order valence-corrected chi connectivity index (χ2v) is 6.23. The maximum Gasteiger partial charge on any atom is 0.275 e. The minimum absolute atomic E-state index is 0.106. The van der Waals surface area contributed by atoms with Gasteiger partial charge in [0.2, 0.25) is 0 Å². The Balaban J connectivity index is 1.68. The lowest BCUT2D eigenvalue weighted by Crippen LogP contribution is -2.17. The molecule has 0 aliphatic carbocycles. The van der Waals surface area contributed by atoms with Gasteiger partial charge in [-0.25, -0.2) is 9.82 Å². The normalized spacial score (nSPS) is 10.7. The van der Waals surface area contributed by atoms with E-state index in [1.54, 1.807) is 30.3 Å². The van der Waals surface area contributed by atoms with Crippen molar-refractivity contribution in [3.05, 3.63) is 83.2 Å². The van der Waals surface area contributed by atoms with Gasteiger partial charge in [-0.1, -0.05) is 12.1 Å². The topological polar surface area (TPSA) is 100 Å². The average molecular weight is 410 g/mol. The molecule has 0 aliphatic heterocycles. The van der Waals surface area contributed by atoms with Gasteiger partial charge in [-0.15, -0.1) is 0 Å². The number of hydrogen-bond donors (Lipinski definition) is 3. The summed E-state index contributed by atoms with van der Waals surface area (Å²) in [5, 5.41) is 23.0. The molecule has 0 fully saturated rings. The first-order valence-corrected chi connectivity index (χ1v) is 8.87. The minimum Gasteiger partial charge on any atom is -0.508 e. The summed E-state index contributed by atoms with van der Waals surface area (Å²) in [5.41, 5.74) is 3.58. The van der Waals surface area contributed by atoms with Crippen LogP contribution in [0.25, 0.3) is 0 Å². The molecule has 0 aromatic heterocycles.